The number of aromatic nitrogens is 2. The minimum Gasteiger partial charge on any atom is -0.468 e. The third-order valence-electron chi connectivity index (χ3n) is 2.93. The SMILES string of the molecule is COC(=O)C(Cn1cnc2ccccc21)NC(C)C. The Morgan fingerprint density at radius 3 is 2.84 bits per heavy atom. The Balaban J connectivity index is 2.23. The number of carbonyl (C=O) groups excluding carboxylic acids is 1. The molecular weight excluding hydrogens is 242 g/mol. The lowest BCUT2D eigenvalue weighted by molar-refractivity contribution is -0.143. The van der Waals surface area contributed by atoms with Crippen LogP contribution in [0.3, 0.4) is 0 Å². The summed E-state index contributed by atoms with van der Waals surface area (Å²) in [5.74, 6) is -0.258. The fraction of sp³-hybridized carbons (Fsp3) is 0.429. The lowest BCUT2D eigenvalue weighted by atomic mass is 10.2. The monoisotopic (exact) mass is 261 g/mol. The maximum atomic E-state index is 11.8. The van der Waals surface area contributed by atoms with Crippen molar-refractivity contribution in [3.05, 3.63) is 30.6 Å². The molecule has 0 aliphatic rings. The van der Waals surface area contributed by atoms with Crippen molar-refractivity contribution in [3.8, 4) is 0 Å². The lowest BCUT2D eigenvalue weighted by Gasteiger charge is -2.19. The van der Waals surface area contributed by atoms with Gasteiger partial charge in [0.15, 0.2) is 0 Å². The van der Waals surface area contributed by atoms with Crippen LogP contribution in [0.5, 0.6) is 0 Å². The van der Waals surface area contributed by atoms with E-state index in [1.165, 1.54) is 7.11 Å². The number of fused-ring (bicyclic) bond motifs is 1. The molecule has 2 rings (SSSR count). The van der Waals surface area contributed by atoms with Crippen LogP contribution in [0.25, 0.3) is 11.0 Å². The molecule has 0 aliphatic carbocycles. The third-order valence-corrected chi connectivity index (χ3v) is 2.93. The summed E-state index contributed by atoms with van der Waals surface area (Å²) in [6, 6.07) is 7.69. The molecule has 0 radical (unpaired) electrons. The number of hydrogen-bond donors (Lipinski definition) is 1. The molecule has 0 fully saturated rings. The molecule has 5 nitrogen and oxygen atoms in total. The molecule has 5 heteroatoms. The largest absolute Gasteiger partial charge is 0.468 e. The number of rotatable bonds is 5. The summed E-state index contributed by atoms with van der Waals surface area (Å²) >= 11 is 0. The third kappa shape index (κ3) is 3.12. The number of benzene rings is 1. The zero-order chi connectivity index (χ0) is 13.8. The first-order chi connectivity index (χ1) is 9.11. The maximum absolute atomic E-state index is 11.8. The van der Waals surface area contributed by atoms with Gasteiger partial charge in [0.1, 0.15) is 6.04 Å². The topological polar surface area (TPSA) is 56.2 Å². The minimum absolute atomic E-state index is 0.207. The van der Waals surface area contributed by atoms with Crippen LogP contribution in [0.15, 0.2) is 30.6 Å². The van der Waals surface area contributed by atoms with E-state index in [4.69, 9.17) is 4.74 Å². The zero-order valence-electron chi connectivity index (χ0n) is 11.5. The Labute approximate surface area is 112 Å². The zero-order valence-corrected chi connectivity index (χ0v) is 11.5. The van der Waals surface area contributed by atoms with Gasteiger partial charge >= 0.3 is 5.97 Å². The standard InChI is InChI=1S/C14H19N3O2/c1-10(2)16-12(14(18)19-3)8-17-9-15-11-6-4-5-7-13(11)17/h4-7,9-10,12,16H,8H2,1-3H3. The van der Waals surface area contributed by atoms with Crippen LogP contribution in [-0.4, -0.2) is 34.7 Å². The van der Waals surface area contributed by atoms with Crippen molar-refractivity contribution in [2.75, 3.05) is 7.11 Å². The second-order valence-corrected chi connectivity index (χ2v) is 4.78. The first-order valence-electron chi connectivity index (χ1n) is 6.35. The Kier molecular flexibility index (Phi) is 4.16. The average molecular weight is 261 g/mol. The molecule has 2 aromatic rings. The number of nitrogens with zero attached hydrogens (tertiary/aromatic N) is 2. The van der Waals surface area contributed by atoms with Crippen molar-refractivity contribution < 1.29 is 9.53 Å². The van der Waals surface area contributed by atoms with E-state index < -0.39 is 0 Å². The van der Waals surface area contributed by atoms with Gasteiger partial charge in [0.2, 0.25) is 0 Å². The van der Waals surface area contributed by atoms with E-state index in [1.54, 1.807) is 6.33 Å². The number of para-hydroxylation sites is 2. The summed E-state index contributed by atoms with van der Waals surface area (Å²) in [7, 11) is 1.41. The molecule has 1 N–H and O–H groups in total. The highest BCUT2D eigenvalue weighted by Crippen LogP contribution is 2.12. The summed E-state index contributed by atoms with van der Waals surface area (Å²) in [5, 5.41) is 3.21. The van der Waals surface area contributed by atoms with Crippen LogP contribution in [0.2, 0.25) is 0 Å². The van der Waals surface area contributed by atoms with E-state index >= 15 is 0 Å². The van der Waals surface area contributed by atoms with Gasteiger partial charge in [-0.25, -0.2) is 4.98 Å². The molecule has 1 unspecified atom stereocenters. The molecule has 1 aromatic heterocycles. The number of esters is 1. The summed E-state index contributed by atoms with van der Waals surface area (Å²) in [5.41, 5.74) is 1.94. The Morgan fingerprint density at radius 2 is 2.16 bits per heavy atom. The molecule has 19 heavy (non-hydrogen) atoms. The molecule has 0 amide bonds. The Hall–Kier alpha value is -1.88. The van der Waals surface area contributed by atoms with Gasteiger partial charge in [-0.2, -0.15) is 0 Å². The fourth-order valence-electron chi connectivity index (χ4n) is 2.09. The average Bonchev–Trinajstić information content (AvgIpc) is 2.80. The van der Waals surface area contributed by atoms with E-state index in [9.17, 15) is 4.79 Å². The molecule has 1 heterocycles. The second-order valence-electron chi connectivity index (χ2n) is 4.78. The van der Waals surface area contributed by atoms with Gasteiger partial charge in [0, 0.05) is 6.04 Å². The number of carbonyl (C=O) groups is 1. The van der Waals surface area contributed by atoms with E-state index in [-0.39, 0.29) is 18.1 Å². The van der Waals surface area contributed by atoms with Crippen molar-refractivity contribution in [3.63, 3.8) is 0 Å². The number of hydrogen-bond acceptors (Lipinski definition) is 4. The molecule has 102 valence electrons. The molecular formula is C14H19N3O2. The van der Waals surface area contributed by atoms with Crippen LogP contribution >= 0.6 is 0 Å². The highest BCUT2D eigenvalue weighted by Gasteiger charge is 2.21. The van der Waals surface area contributed by atoms with Crippen LogP contribution in [0, 0.1) is 0 Å². The van der Waals surface area contributed by atoms with Gasteiger partial charge < -0.3 is 14.6 Å². The quantitative estimate of drug-likeness (QED) is 0.830. The molecule has 0 bridgehead atoms. The fourth-order valence-corrected chi connectivity index (χ4v) is 2.09. The first kappa shape index (κ1) is 13.5. The van der Waals surface area contributed by atoms with Gasteiger partial charge in [0.05, 0.1) is 31.0 Å². The van der Waals surface area contributed by atoms with Crippen molar-refractivity contribution in [1.29, 1.82) is 0 Å². The predicted molar refractivity (Wildman–Crippen MR) is 73.8 cm³/mol. The van der Waals surface area contributed by atoms with Crippen LogP contribution in [-0.2, 0) is 16.1 Å². The normalized spacial score (nSPS) is 12.8. The molecule has 0 aliphatic heterocycles. The highest BCUT2D eigenvalue weighted by atomic mass is 16.5. The van der Waals surface area contributed by atoms with Crippen molar-refractivity contribution in [2.24, 2.45) is 0 Å². The molecule has 1 atom stereocenters. The predicted octanol–water partition coefficient (Wildman–Crippen LogP) is 1.58. The second kappa shape index (κ2) is 5.84. The summed E-state index contributed by atoms with van der Waals surface area (Å²) in [6.45, 7) is 4.51. The smallest absolute Gasteiger partial charge is 0.324 e. The maximum Gasteiger partial charge on any atom is 0.324 e. The van der Waals surface area contributed by atoms with Crippen LogP contribution in [0.4, 0.5) is 0 Å². The number of methoxy groups -OCH3 is 1. The van der Waals surface area contributed by atoms with Crippen molar-refractivity contribution in [1.82, 2.24) is 14.9 Å². The minimum atomic E-state index is -0.373. The molecule has 0 saturated carbocycles. The van der Waals surface area contributed by atoms with Crippen molar-refractivity contribution in [2.45, 2.75) is 32.5 Å². The number of nitrogens with one attached hydrogen (secondary N) is 1. The summed E-state index contributed by atoms with van der Waals surface area (Å²) < 4.78 is 6.80. The number of ether oxygens (including phenoxy) is 1. The van der Waals surface area contributed by atoms with Gasteiger partial charge in [0.25, 0.3) is 0 Å². The number of imidazole rings is 1. The summed E-state index contributed by atoms with van der Waals surface area (Å²) in [4.78, 5) is 16.1. The Bertz CT molecular complexity index is 563. The van der Waals surface area contributed by atoms with Gasteiger partial charge in [-0.1, -0.05) is 26.0 Å². The molecule has 0 saturated heterocycles. The van der Waals surface area contributed by atoms with Crippen LogP contribution in [0.1, 0.15) is 13.8 Å². The van der Waals surface area contributed by atoms with E-state index in [0.717, 1.165) is 11.0 Å². The van der Waals surface area contributed by atoms with Gasteiger partial charge in [-0.15, -0.1) is 0 Å². The van der Waals surface area contributed by atoms with Gasteiger partial charge in [-0.05, 0) is 12.1 Å². The van der Waals surface area contributed by atoms with Gasteiger partial charge in [-0.3, -0.25) is 4.79 Å². The van der Waals surface area contributed by atoms with E-state index in [1.807, 2.05) is 42.7 Å². The highest BCUT2D eigenvalue weighted by molar-refractivity contribution is 5.77. The van der Waals surface area contributed by atoms with E-state index in [2.05, 4.69) is 10.3 Å². The van der Waals surface area contributed by atoms with E-state index in [0.29, 0.717) is 6.54 Å². The first-order valence-corrected chi connectivity index (χ1v) is 6.35. The Morgan fingerprint density at radius 1 is 1.42 bits per heavy atom. The van der Waals surface area contributed by atoms with Crippen LogP contribution < -0.4 is 5.32 Å². The van der Waals surface area contributed by atoms with Crippen molar-refractivity contribution >= 4 is 17.0 Å². The lowest BCUT2D eigenvalue weighted by Crippen LogP contribution is -2.44. The molecule has 0 spiro atoms. The summed E-state index contributed by atoms with van der Waals surface area (Å²) in [6.07, 6.45) is 1.75. The molecule has 1 aromatic carbocycles.